The molecule has 0 saturated carbocycles. The van der Waals surface area contributed by atoms with E-state index in [-0.39, 0.29) is 0 Å². The Hall–Kier alpha value is -0.0251. The second kappa shape index (κ2) is 4.92. The lowest BCUT2D eigenvalue weighted by Crippen LogP contribution is -2.32. The van der Waals surface area contributed by atoms with Crippen LogP contribution in [0.25, 0.3) is 0 Å². The Labute approximate surface area is 99.5 Å². The molecule has 0 radical (unpaired) electrons. The Balaban J connectivity index is 0.000000249. The molecule has 0 spiro atoms. The zero-order chi connectivity index (χ0) is 13.3. The lowest BCUT2D eigenvalue weighted by atomic mass is 10.1. The minimum Gasteiger partial charge on any atom is -0.418 e. The van der Waals surface area contributed by atoms with Crippen molar-refractivity contribution in [3.05, 3.63) is 0 Å². The maximum absolute atomic E-state index is 12.4. The van der Waals surface area contributed by atoms with Crippen LogP contribution in [-0.2, 0) is 4.57 Å². The summed E-state index contributed by atoms with van der Waals surface area (Å²) in [5, 5.41) is 0. The molecule has 17 heavy (non-hydrogen) atoms. The van der Waals surface area contributed by atoms with Crippen molar-refractivity contribution in [1.82, 2.24) is 0 Å². The molecule has 0 aromatic carbocycles. The van der Waals surface area contributed by atoms with Crippen LogP contribution >= 0.6 is 7.29 Å². The number of halogens is 4. The Morgan fingerprint density at radius 2 is 1.76 bits per heavy atom. The van der Waals surface area contributed by atoms with Gasteiger partial charge in [0.15, 0.2) is 5.78 Å². The van der Waals surface area contributed by atoms with Crippen molar-refractivity contribution >= 4 is 14.5 Å². The fraction of sp³-hybridized carbons (Fsp3) is 1.00. The van der Waals surface area contributed by atoms with E-state index in [1.54, 1.807) is 0 Å². The summed E-state index contributed by atoms with van der Waals surface area (Å²) in [5.41, 5.74) is 0. The largest absolute Gasteiger partial charge is 0.673 e. The number of piperidine rings is 1. The molecule has 2 saturated heterocycles. The van der Waals surface area contributed by atoms with Gasteiger partial charge in [0.05, 0.1) is 19.3 Å². The average molecular weight is 275 g/mol. The second-order valence-corrected chi connectivity index (χ2v) is 8.11. The van der Waals surface area contributed by atoms with Gasteiger partial charge in [-0.25, -0.2) is 0 Å². The molecule has 0 N–H and O–H groups in total. The van der Waals surface area contributed by atoms with Crippen LogP contribution < -0.4 is 0 Å². The number of rotatable bonds is 2. The van der Waals surface area contributed by atoms with Gasteiger partial charge in [0.25, 0.3) is 0 Å². The topological polar surface area (TPSA) is 17.1 Å². The fourth-order valence-electron chi connectivity index (χ4n) is 3.14. The van der Waals surface area contributed by atoms with Gasteiger partial charge < -0.3 is 17.3 Å². The van der Waals surface area contributed by atoms with Gasteiger partial charge in [-0.2, -0.15) is 0 Å². The summed E-state index contributed by atoms with van der Waals surface area (Å²) in [4.78, 5) is 0. The molecule has 2 heterocycles. The van der Waals surface area contributed by atoms with Crippen molar-refractivity contribution in [2.24, 2.45) is 0 Å². The molecule has 2 fully saturated rings. The molecular weight excluding hydrogens is 256 g/mol. The van der Waals surface area contributed by atoms with Gasteiger partial charge in [-0.3, -0.25) is 8.82 Å². The van der Waals surface area contributed by atoms with Crippen LogP contribution in [0.4, 0.5) is 17.3 Å². The average Bonchev–Trinajstić information content (AvgIpc) is 2.79. The molecule has 0 bridgehead atoms. The Kier molecular flexibility index (Phi) is 4.35. The van der Waals surface area contributed by atoms with Gasteiger partial charge in [0.1, 0.15) is 0 Å². The lowest BCUT2D eigenvalue weighted by molar-refractivity contribution is -0.759. The molecule has 2 nitrogen and oxygen atoms in total. The first kappa shape index (κ1) is 15.0. The smallest absolute Gasteiger partial charge is 0.418 e. The predicted octanol–water partition coefficient (Wildman–Crippen LogP) is 3.94. The third kappa shape index (κ3) is 2.87. The number of nitrogens with zero attached hydrogens (tertiary/aromatic N) is 1. The van der Waals surface area contributed by atoms with Gasteiger partial charge in [0.2, 0.25) is 0 Å². The predicted molar refractivity (Wildman–Crippen MR) is 61.6 cm³/mol. The molecule has 2 rings (SSSR count). The van der Waals surface area contributed by atoms with E-state index in [9.17, 15) is 21.8 Å². The van der Waals surface area contributed by atoms with Crippen molar-refractivity contribution in [3.63, 3.8) is 0 Å². The summed E-state index contributed by atoms with van der Waals surface area (Å²) < 4.78 is 52.4. The SMILES string of the molecule is CC[N+]12CCCCC1P2(=O)CC.F[B-](F)(F)F. The number of hydrogen-bond acceptors (Lipinski definition) is 1. The molecule has 0 aliphatic carbocycles. The van der Waals surface area contributed by atoms with E-state index < -0.39 is 14.5 Å². The van der Waals surface area contributed by atoms with Crippen molar-refractivity contribution in [2.45, 2.75) is 38.9 Å². The van der Waals surface area contributed by atoms with E-state index in [0.29, 0.717) is 5.78 Å². The maximum Gasteiger partial charge on any atom is 0.673 e. The number of hydrogen-bond donors (Lipinski definition) is 0. The van der Waals surface area contributed by atoms with Crippen LogP contribution in [0, 0.1) is 0 Å². The van der Waals surface area contributed by atoms with Crippen molar-refractivity contribution in [3.8, 4) is 0 Å². The van der Waals surface area contributed by atoms with E-state index in [0.717, 1.165) is 17.0 Å². The quantitative estimate of drug-likeness (QED) is 0.323. The summed E-state index contributed by atoms with van der Waals surface area (Å²) in [6.45, 7) is 6.62. The lowest BCUT2D eigenvalue weighted by Gasteiger charge is -2.21. The summed E-state index contributed by atoms with van der Waals surface area (Å²) >= 11 is 0. The zero-order valence-corrected chi connectivity index (χ0v) is 11.1. The van der Waals surface area contributed by atoms with Gasteiger partial charge in [-0.1, -0.05) is 6.92 Å². The Morgan fingerprint density at radius 1 is 1.24 bits per heavy atom. The highest BCUT2D eigenvalue weighted by molar-refractivity contribution is 7.64. The minimum absolute atomic E-state index is 0.584. The van der Waals surface area contributed by atoms with E-state index in [1.807, 2.05) is 0 Å². The number of quaternary nitrogens is 1. The molecule has 0 aromatic rings. The molecule has 8 heteroatoms. The Morgan fingerprint density at radius 3 is 2.12 bits per heavy atom. The third-order valence-corrected chi connectivity index (χ3v) is 8.31. The highest BCUT2D eigenvalue weighted by atomic mass is 31.2. The highest BCUT2D eigenvalue weighted by Crippen LogP contribution is 2.81. The second-order valence-electron chi connectivity index (χ2n) is 4.57. The summed E-state index contributed by atoms with van der Waals surface area (Å²) in [6.07, 6.45) is 4.79. The van der Waals surface area contributed by atoms with Crippen LogP contribution in [-0.4, -0.2) is 36.5 Å². The third-order valence-electron chi connectivity index (χ3n) is 3.90. The molecule has 0 aromatic heterocycles. The van der Waals surface area contributed by atoms with Crippen LogP contribution in [0.2, 0.25) is 0 Å². The molecule has 3 atom stereocenters. The first-order chi connectivity index (χ1) is 7.71. The van der Waals surface area contributed by atoms with Crippen LogP contribution in [0.1, 0.15) is 33.1 Å². The molecular formula is C9H19BF4NOP. The normalized spacial score (nSPS) is 40.0. The number of fused-ring (bicyclic) bond motifs is 1. The van der Waals surface area contributed by atoms with Crippen LogP contribution in [0.15, 0.2) is 0 Å². The first-order valence-electron chi connectivity index (χ1n) is 6.04. The summed E-state index contributed by atoms with van der Waals surface area (Å²) in [6, 6.07) is 0. The molecule has 2 aliphatic rings. The standard InChI is InChI=1S/C9H19NOP.BF4/c1-3-10-8-6-5-7-9(10)12(10,11)4-2;2-1(3,4)5/h9H,3-8H2,1-2H3;/q+1;-1. The Bertz CT molecular complexity index is 319. The minimum atomic E-state index is -6.00. The maximum atomic E-state index is 12.4. The highest BCUT2D eigenvalue weighted by Gasteiger charge is 2.74. The van der Waals surface area contributed by atoms with Gasteiger partial charge >= 0.3 is 14.5 Å². The fourth-order valence-corrected chi connectivity index (χ4v) is 7.54. The van der Waals surface area contributed by atoms with Crippen LogP contribution in [0.5, 0.6) is 0 Å². The monoisotopic (exact) mass is 275 g/mol. The van der Waals surface area contributed by atoms with E-state index in [2.05, 4.69) is 13.8 Å². The van der Waals surface area contributed by atoms with E-state index in [4.69, 9.17) is 0 Å². The van der Waals surface area contributed by atoms with Crippen molar-refractivity contribution in [2.75, 3.05) is 19.3 Å². The van der Waals surface area contributed by atoms with E-state index in [1.165, 1.54) is 25.8 Å². The van der Waals surface area contributed by atoms with Crippen molar-refractivity contribution < 1.29 is 26.1 Å². The molecule has 102 valence electrons. The summed E-state index contributed by atoms with van der Waals surface area (Å²) in [7, 11) is -7.75. The van der Waals surface area contributed by atoms with Crippen molar-refractivity contribution in [1.29, 1.82) is 0 Å². The van der Waals surface area contributed by atoms with E-state index >= 15 is 0 Å². The molecule has 2 aliphatic heterocycles. The molecule has 0 amide bonds. The first-order valence-corrected chi connectivity index (χ1v) is 7.96. The van der Waals surface area contributed by atoms with Gasteiger partial charge in [-0.05, 0) is 19.8 Å². The zero-order valence-electron chi connectivity index (χ0n) is 10.2. The summed E-state index contributed by atoms with van der Waals surface area (Å²) in [5.74, 6) is 0.584. The van der Waals surface area contributed by atoms with Gasteiger partial charge in [-0.15, -0.1) is 0 Å². The van der Waals surface area contributed by atoms with Crippen LogP contribution in [0.3, 0.4) is 0 Å². The van der Waals surface area contributed by atoms with Gasteiger partial charge in [0, 0.05) is 6.42 Å². The molecule has 3 unspecified atom stereocenters.